The number of fused-ring (bicyclic) bond motifs is 2. The average Bonchev–Trinajstić information content (AvgIpc) is 3.13. The van der Waals surface area contributed by atoms with Gasteiger partial charge in [-0.3, -0.25) is 19.3 Å². The van der Waals surface area contributed by atoms with Crippen LogP contribution in [0, 0.1) is 0 Å². The molecule has 2 aromatic rings. The lowest BCUT2D eigenvalue weighted by atomic mass is 10.1. The van der Waals surface area contributed by atoms with Crippen LogP contribution in [0.15, 0.2) is 42.5 Å². The number of para-hydroxylation sites is 1. The van der Waals surface area contributed by atoms with E-state index in [1.165, 1.54) is 4.90 Å². The maximum absolute atomic E-state index is 13.2. The highest BCUT2D eigenvalue weighted by molar-refractivity contribution is 6.09. The van der Waals surface area contributed by atoms with E-state index in [4.69, 9.17) is 4.74 Å². The molecule has 0 saturated heterocycles. The molecule has 0 radical (unpaired) electrons. The predicted molar refractivity (Wildman–Crippen MR) is 109 cm³/mol. The summed E-state index contributed by atoms with van der Waals surface area (Å²) in [5, 5.41) is 2.79. The van der Waals surface area contributed by atoms with E-state index < -0.39 is 0 Å². The quantitative estimate of drug-likeness (QED) is 0.863. The van der Waals surface area contributed by atoms with Gasteiger partial charge in [0, 0.05) is 23.8 Å². The highest BCUT2D eigenvalue weighted by Crippen LogP contribution is 2.35. The van der Waals surface area contributed by atoms with Gasteiger partial charge in [0.25, 0.3) is 11.8 Å². The van der Waals surface area contributed by atoms with Crippen molar-refractivity contribution in [1.29, 1.82) is 0 Å². The Balaban J connectivity index is 1.62. The van der Waals surface area contributed by atoms with Crippen molar-refractivity contribution in [2.24, 2.45) is 0 Å². The maximum atomic E-state index is 13.2. The molecule has 0 fully saturated rings. The van der Waals surface area contributed by atoms with Crippen molar-refractivity contribution >= 4 is 29.1 Å². The van der Waals surface area contributed by atoms with E-state index >= 15 is 0 Å². The molecule has 0 saturated carbocycles. The lowest BCUT2D eigenvalue weighted by Crippen LogP contribution is -2.46. The van der Waals surface area contributed by atoms with E-state index in [1.807, 2.05) is 38.1 Å². The summed E-state index contributed by atoms with van der Waals surface area (Å²) in [5.74, 6) is -0.221. The molecule has 0 aromatic heterocycles. The molecule has 4 rings (SSSR count). The van der Waals surface area contributed by atoms with Crippen molar-refractivity contribution in [3.63, 3.8) is 0 Å². The number of carbonyl (C=O) groups is 3. The standard InChI is InChI=1S/C22H23N3O4/c1-14(2)23-20(26)12-25-18-11-16(7-8-19(18)29-13-21(25)27)22(28)24-10-9-15-5-3-4-6-17(15)24/h3-8,11,14H,9-10,12-13H2,1-2H3,(H,23,26). The fraction of sp³-hybridized carbons (Fsp3) is 0.318. The Hall–Kier alpha value is -3.35. The number of anilines is 2. The van der Waals surface area contributed by atoms with E-state index in [9.17, 15) is 14.4 Å². The molecular formula is C22H23N3O4. The van der Waals surface area contributed by atoms with Crippen LogP contribution in [-0.4, -0.2) is 43.5 Å². The van der Waals surface area contributed by atoms with E-state index in [0.717, 1.165) is 17.7 Å². The minimum Gasteiger partial charge on any atom is -0.482 e. The highest BCUT2D eigenvalue weighted by Gasteiger charge is 2.30. The van der Waals surface area contributed by atoms with Crippen molar-refractivity contribution in [3.05, 3.63) is 53.6 Å². The fourth-order valence-corrected chi connectivity index (χ4v) is 3.72. The molecule has 2 heterocycles. The summed E-state index contributed by atoms with van der Waals surface area (Å²) in [5.41, 5.74) is 2.95. The number of ether oxygens (including phenoxy) is 1. The number of benzene rings is 2. The second kappa shape index (κ2) is 7.58. The van der Waals surface area contributed by atoms with Gasteiger partial charge in [-0.25, -0.2) is 0 Å². The number of carbonyl (C=O) groups excluding carboxylic acids is 3. The van der Waals surface area contributed by atoms with Crippen LogP contribution in [0.3, 0.4) is 0 Å². The molecule has 7 nitrogen and oxygen atoms in total. The van der Waals surface area contributed by atoms with Gasteiger partial charge in [0.1, 0.15) is 12.3 Å². The maximum Gasteiger partial charge on any atom is 0.265 e. The molecule has 1 N–H and O–H groups in total. The summed E-state index contributed by atoms with van der Waals surface area (Å²) in [6.45, 7) is 4.09. The molecule has 2 aliphatic heterocycles. The zero-order chi connectivity index (χ0) is 20.5. The second-order valence-corrected chi connectivity index (χ2v) is 7.51. The highest BCUT2D eigenvalue weighted by atomic mass is 16.5. The van der Waals surface area contributed by atoms with Gasteiger partial charge >= 0.3 is 0 Å². The Labute approximate surface area is 169 Å². The van der Waals surface area contributed by atoms with Crippen LogP contribution in [0.25, 0.3) is 0 Å². The van der Waals surface area contributed by atoms with E-state index in [2.05, 4.69) is 5.32 Å². The molecule has 150 valence electrons. The summed E-state index contributed by atoms with van der Waals surface area (Å²) in [4.78, 5) is 40.9. The SMILES string of the molecule is CC(C)NC(=O)CN1C(=O)COc2ccc(C(=O)N3CCc4ccccc43)cc21. The number of nitrogens with zero attached hydrogens (tertiary/aromatic N) is 2. The van der Waals surface area contributed by atoms with Crippen LogP contribution < -0.4 is 19.9 Å². The molecule has 7 heteroatoms. The van der Waals surface area contributed by atoms with Gasteiger partial charge in [0.15, 0.2) is 6.61 Å². The first-order chi connectivity index (χ1) is 13.9. The summed E-state index contributed by atoms with van der Waals surface area (Å²) >= 11 is 0. The number of amides is 3. The fourth-order valence-electron chi connectivity index (χ4n) is 3.72. The lowest BCUT2D eigenvalue weighted by Gasteiger charge is -2.30. The topological polar surface area (TPSA) is 79.0 Å². The number of hydrogen-bond donors (Lipinski definition) is 1. The van der Waals surface area contributed by atoms with Gasteiger partial charge in [-0.2, -0.15) is 0 Å². The van der Waals surface area contributed by atoms with Crippen molar-refractivity contribution in [1.82, 2.24) is 5.32 Å². The normalized spacial score (nSPS) is 15.1. The first kappa shape index (κ1) is 19.0. The summed E-state index contributed by atoms with van der Waals surface area (Å²) in [6.07, 6.45) is 0.815. The zero-order valence-corrected chi connectivity index (χ0v) is 16.5. The van der Waals surface area contributed by atoms with Crippen molar-refractivity contribution in [2.75, 3.05) is 29.5 Å². The van der Waals surface area contributed by atoms with E-state index in [0.29, 0.717) is 23.5 Å². The summed E-state index contributed by atoms with van der Waals surface area (Å²) in [7, 11) is 0. The van der Waals surface area contributed by atoms with Crippen LogP contribution in [0.2, 0.25) is 0 Å². The minimum atomic E-state index is -0.312. The molecule has 3 amide bonds. The number of hydrogen-bond acceptors (Lipinski definition) is 4. The Bertz CT molecular complexity index is 986. The molecule has 0 aliphatic carbocycles. The van der Waals surface area contributed by atoms with E-state index in [-0.39, 0.29) is 36.9 Å². The van der Waals surface area contributed by atoms with Crippen molar-refractivity contribution < 1.29 is 19.1 Å². The Morgan fingerprint density at radius 1 is 1.14 bits per heavy atom. The van der Waals surface area contributed by atoms with Crippen LogP contribution >= 0.6 is 0 Å². The lowest BCUT2D eigenvalue weighted by molar-refractivity contribution is -0.125. The third-order valence-electron chi connectivity index (χ3n) is 5.03. The van der Waals surface area contributed by atoms with E-state index in [1.54, 1.807) is 23.1 Å². The Morgan fingerprint density at radius 2 is 1.93 bits per heavy atom. The molecule has 0 atom stereocenters. The van der Waals surface area contributed by atoms with Crippen LogP contribution in [-0.2, 0) is 16.0 Å². The molecular weight excluding hydrogens is 370 g/mol. The van der Waals surface area contributed by atoms with Crippen molar-refractivity contribution in [3.8, 4) is 5.75 Å². The third-order valence-corrected chi connectivity index (χ3v) is 5.03. The van der Waals surface area contributed by atoms with Crippen LogP contribution in [0.5, 0.6) is 5.75 Å². The molecule has 2 aromatic carbocycles. The molecule has 29 heavy (non-hydrogen) atoms. The smallest absolute Gasteiger partial charge is 0.265 e. The van der Waals surface area contributed by atoms with Gasteiger partial charge in [0.2, 0.25) is 5.91 Å². The van der Waals surface area contributed by atoms with Gasteiger partial charge < -0.3 is 15.0 Å². The van der Waals surface area contributed by atoms with Gasteiger partial charge in [-0.05, 0) is 50.1 Å². The predicted octanol–water partition coefficient (Wildman–Crippen LogP) is 2.14. The average molecular weight is 393 g/mol. The first-order valence-corrected chi connectivity index (χ1v) is 9.70. The Morgan fingerprint density at radius 3 is 2.72 bits per heavy atom. The summed E-state index contributed by atoms with van der Waals surface area (Å²) < 4.78 is 5.50. The van der Waals surface area contributed by atoms with Crippen LogP contribution in [0.1, 0.15) is 29.8 Å². The summed E-state index contributed by atoms with van der Waals surface area (Å²) in [6, 6.07) is 12.8. The largest absolute Gasteiger partial charge is 0.482 e. The van der Waals surface area contributed by atoms with Crippen molar-refractivity contribution in [2.45, 2.75) is 26.3 Å². The molecule has 0 bridgehead atoms. The van der Waals surface area contributed by atoms with Gasteiger partial charge in [0.05, 0.1) is 5.69 Å². The zero-order valence-electron chi connectivity index (χ0n) is 16.5. The number of nitrogens with one attached hydrogen (secondary N) is 1. The Kier molecular flexibility index (Phi) is 4.96. The first-order valence-electron chi connectivity index (χ1n) is 9.70. The minimum absolute atomic E-state index is 0.0266. The van der Waals surface area contributed by atoms with Gasteiger partial charge in [-0.15, -0.1) is 0 Å². The third kappa shape index (κ3) is 3.68. The monoisotopic (exact) mass is 393 g/mol. The molecule has 2 aliphatic rings. The molecule has 0 unspecified atom stereocenters. The second-order valence-electron chi connectivity index (χ2n) is 7.51. The number of rotatable bonds is 4. The van der Waals surface area contributed by atoms with Gasteiger partial charge in [-0.1, -0.05) is 18.2 Å². The molecule has 0 spiro atoms. The van der Waals surface area contributed by atoms with Crippen LogP contribution in [0.4, 0.5) is 11.4 Å².